The highest BCUT2D eigenvalue weighted by molar-refractivity contribution is 14.2. The monoisotopic (exact) mass is 513 g/mol. The Morgan fingerprint density at radius 1 is 1.41 bits per heavy atom. The Morgan fingerprint density at radius 3 is 2.63 bits per heavy atom. The molecular formula is C19H21IN3O2PS. The summed E-state index contributed by atoms with van der Waals surface area (Å²) in [5.41, 5.74) is 2.35. The van der Waals surface area contributed by atoms with Crippen LogP contribution in [0.15, 0.2) is 43.5 Å². The second-order valence-electron chi connectivity index (χ2n) is 4.83. The Labute approximate surface area is 178 Å². The van der Waals surface area contributed by atoms with Gasteiger partial charge in [0.25, 0.3) is 0 Å². The molecule has 2 atom stereocenters. The minimum atomic E-state index is -0.590. The van der Waals surface area contributed by atoms with Gasteiger partial charge in [0.1, 0.15) is 11.8 Å². The fourth-order valence-corrected chi connectivity index (χ4v) is 2.61. The lowest BCUT2D eigenvalue weighted by molar-refractivity contribution is 0.121. The molecule has 0 saturated carbocycles. The summed E-state index contributed by atoms with van der Waals surface area (Å²) in [5, 5.41) is 9.86. The lowest BCUT2D eigenvalue weighted by atomic mass is 10.1. The van der Waals surface area contributed by atoms with Crippen LogP contribution in [-0.4, -0.2) is 22.5 Å². The molecule has 1 unspecified atom stereocenters. The van der Waals surface area contributed by atoms with Gasteiger partial charge in [0.2, 0.25) is 0 Å². The molecule has 0 radical (unpaired) electrons. The van der Waals surface area contributed by atoms with Crippen molar-refractivity contribution in [3.8, 4) is 11.2 Å². The summed E-state index contributed by atoms with van der Waals surface area (Å²) >= 11 is 2.06. The summed E-state index contributed by atoms with van der Waals surface area (Å²) in [6, 6.07) is 9.50. The van der Waals surface area contributed by atoms with E-state index in [9.17, 15) is 4.79 Å². The van der Waals surface area contributed by atoms with Crippen LogP contribution in [0.25, 0.3) is 12.3 Å². The van der Waals surface area contributed by atoms with E-state index in [1.54, 1.807) is 6.08 Å². The SMILES string of the molecule is C=Cc1c(NC(=O)O[C@H](C)c2ccccc2)c(C#CSI)nn1C=C.CP. The third-order valence-electron chi connectivity index (χ3n) is 3.30. The van der Waals surface area contributed by atoms with Crippen molar-refractivity contribution in [2.24, 2.45) is 0 Å². The molecule has 0 saturated heterocycles. The van der Waals surface area contributed by atoms with Crippen LogP contribution in [-0.2, 0) is 4.74 Å². The van der Waals surface area contributed by atoms with E-state index >= 15 is 0 Å². The van der Waals surface area contributed by atoms with Gasteiger partial charge in [-0.1, -0.05) is 50.2 Å². The number of nitrogens with zero attached hydrogens (tertiary/aromatic N) is 2. The summed E-state index contributed by atoms with van der Waals surface area (Å²) in [5.74, 6) is 2.89. The number of halogens is 1. The van der Waals surface area contributed by atoms with Gasteiger partial charge < -0.3 is 4.74 Å². The van der Waals surface area contributed by atoms with Crippen LogP contribution in [0.1, 0.15) is 30.0 Å². The van der Waals surface area contributed by atoms with E-state index in [2.05, 4.69) is 65.2 Å². The predicted octanol–water partition coefficient (Wildman–Crippen LogP) is 5.82. The molecule has 5 nitrogen and oxygen atoms in total. The van der Waals surface area contributed by atoms with E-state index in [4.69, 9.17) is 4.74 Å². The molecule has 1 aromatic carbocycles. The number of carbonyl (C=O) groups excluding carboxylic acids is 1. The highest BCUT2D eigenvalue weighted by atomic mass is 127. The first-order valence-electron chi connectivity index (χ1n) is 7.87. The molecule has 0 bridgehead atoms. The number of hydrogen-bond donors (Lipinski definition) is 1. The zero-order valence-electron chi connectivity index (χ0n) is 15.1. The van der Waals surface area contributed by atoms with E-state index in [1.165, 1.54) is 19.8 Å². The Bertz CT molecular complexity index is 844. The topological polar surface area (TPSA) is 56.1 Å². The number of hydrogen-bond acceptors (Lipinski definition) is 4. The maximum absolute atomic E-state index is 12.3. The molecule has 0 fully saturated rings. The lowest BCUT2D eigenvalue weighted by Gasteiger charge is -2.14. The first-order valence-corrected chi connectivity index (χ1v) is 12.4. The molecule has 1 N–H and O–H groups in total. The van der Waals surface area contributed by atoms with Gasteiger partial charge >= 0.3 is 6.09 Å². The fraction of sp³-hybridized carbons (Fsp3) is 0.158. The largest absolute Gasteiger partial charge is 0.441 e. The van der Waals surface area contributed by atoms with Gasteiger partial charge in [0.15, 0.2) is 5.69 Å². The number of benzene rings is 1. The summed E-state index contributed by atoms with van der Waals surface area (Å²) in [6.07, 6.45) is 2.12. The molecule has 0 aliphatic carbocycles. The number of anilines is 1. The van der Waals surface area contributed by atoms with E-state index in [0.717, 1.165) is 5.56 Å². The number of aromatic nitrogens is 2. The van der Waals surface area contributed by atoms with Gasteiger partial charge in [-0.15, -0.1) is 9.24 Å². The van der Waals surface area contributed by atoms with Crippen LogP contribution in [0.5, 0.6) is 0 Å². The summed E-state index contributed by atoms with van der Waals surface area (Å²) in [6.45, 7) is 11.2. The molecule has 1 aromatic heterocycles. The van der Waals surface area contributed by atoms with E-state index in [1.807, 2.05) is 43.9 Å². The summed E-state index contributed by atoms with van der Waals surface area (Å²) in [4.78, 5) is 12.3. The zero-order valence-corrected chi connectivity index (χ0v) is 19.2. The molecule has 1 amide bonds. The van der Waals surface area contributed by atoms with Crippen LogP contribution in [0.4, 0.5) is 10.5 Å². The molecule has 0 aliphatic heterocycles. The highest BCUT2D eigenvalue weighted by Gasteiger charge is 2.18. The van der Waals surface area contributed by atoms with Crippen LogP contribution < -0.4 is 5.32 Å². The molecule has 142 valence electrons. The van der Waals surface area contributed by atoms with Crippen molar-refractivity contribution in [2.45, 2.75) is 13.0 Å². The Kier molecular flexibility index (Phi) is 10.9. The van der Waals surface area contributed by atoms with Crippen molar-refractivity contribution < 1.29 is 9.53 Å². The van der Waals surface area contributed by atoms with E-state index in [0.29, 0.717) is 17.1 Å². The normalized spacial score (nSPS) is 10.4. The van der Waals surface area contributed by atoms with Crippen LogP contribution in [0.3, 0.4) is 0 Å². The number of nitrogens with one attached hydrogen (secondary N) is 1. The van der Waals surface area contributed by atoms with Crippen molar-refractivity contribution in [3.63, 3.8) is 0 Å². The maximum atomic E-state index is 12.3. The number of carbonyl (C=O) groups is 1. The summed E-state index contributed by atoms with van der Waals surface area (Å²) < 4.78 is 6.95. The van der Waals surface area contributed by atoms with Gasteiger partial charge in [-0.3, -0.25) is 5.32 Å². The lowest BCUT2D eigenvalue weighted by Crippen LogP contribution is -2.17. The van der Waals surface area contributed by atoms with Crippen LogP contribution in [0, 0.1) is 11.2 Å². The van der Waals surface area contributed by atoms with Crippen LogP contribution in [0.2, 0.25) is 0 Å². The van der Waals surface area contributed by atoms with Crippen molar-refractivity contribution in [2.75, 3.05) is 12.0 Å². The van der Waals surface area contributed by atoms with Gasteiger partial charge in [0.05, 0.1) is 5.69 Å². The average Bonchev–Trinajstić information content (AvgIpc) is 3.04. The molecule has 2 aromatic rings. The molecule has 0 spiro atoms. The molecule has 8 heteroatoms. The zero-order chi connectivity index (χ0) is 20.2. The Morgan fingerprint density at radius 2 is 2.07 bits per heavy atom. The quantitative estimate of drug-likeness (QED) is 0.311. The van der Waals surface area contributed by atoms with Crippen molar-refractivity contribution >= 4 is 63.4 Å². The molecule has 27 heavy (non-hydrogen) atoms. The van der Waals surface area contributed by atoms with Crippen molar-refractivity contribution in [3.05, 3.63) is 60.4 Å². The molecule has 0 aliphatic rings. The van der Waals surface area contributed by atoms with Gasteiger partial charge in [-0.2, -0.15) is 5.10 Å². The van der Waals surface area contributed by atoms with Crippen LogP contribution >= 0.6 is 39.4 Å². The first kappa shape index (κ1) is 23.3. The Hall–Kier alpha value is -1.75. The number of amides is 1. The Balaban J connectivity index is 0.00000176. The number of rotatable bonds is 5. The highest BCUT2D eigenvalue weighted by Crippen LogP contribution is 2.24. The second-order valence-corrected chi connectivity index (χ2v) is 6.51. The molecule has 2 rings (SSSR count). The smallest absolute Gasteiger partial charge is 0.412 e. The average molecular weight is 513 g/mol. The fourth-order valence-electron chi connectivity index (χ4n) is 2.14. The minimum absolute atomic E-state index is 0.387. The molecular weight excluding hydrogens is 492 g/mol. The third-order valence-corrected chi connectivity index (χ3v) is 4.14. The minimum Gasteiger partial charge on any atom is -0.441 e. The second kappa shape index (κ2) is 12.6. The van der Waals surface area contributed by atoms with Crippen molar-refractivity contribution in [1.29, 1.82) is 0 Å². The van der Waals surface area contributed by atoms with Gasteiger partial charge in [-0.05, 0) is 38.7 Å². The van der Waals surface area contributed by atoms with Gasteiger partial charge in [0, 0.05) is 27.4 Å². The number of ether oxygens (including phenoxy) is 1. The predicted molar refractivity (Wildman–Crippen MR) is 128 cm³/mol. The third kappa shape index (κ3) is 6.73. The maximum Gasteiger partial charge on any atom is 0.412 e. The van der Waals surface area contributed by atoms with Gasteiger partial charge in [-0.25, -0.2) is 9.48 Å². The first-order chi connectivity index (χ1) is 13.1. The van der Waals surface area contributed by atoms with E-state index < -0.39 is 6.09 Å². The standard InChI is InChI=1S/C18H16IN3O2S.CH5P/c1-4-16-17(15(11-12-25-19)21-22(16)5-2)20-18(23)24-13(3)14-9-7-6-8-10-14;1-2/h4-10,13H,1-2H2,3H3,(H,20,23);2H2,1H3/t13-;/m1./s1. The summed E-state index contributed by atoms with van der Waals surface area (Å²) in [7, 11) is 3.74. The molecule has 1 heterocycles. The van der Waals surface area contributed by atoms with Crippen molar-refractivity contribution in [1.82, 2.24) is 9.78 Å². The van der Waals surface area contributed by atoms with E-state index in [-0.39, 0.29) is 6.10 Å².